The van der Waals surface area contributed by atoms with E-state index in [1.165, 1.54) is 0 Å². The van der Waals surface area contributed by atoms with E-state index in [2.05, 4.69) is 15.3 Å². The van der Waals surface area contributed by atoms with Crippen LogP contribution < -0.4 is 5.32 Å². The summed E-state index contributed by atoms with van der Waals surface area (Å²) >= 11 is 12.2. The number of rotatable bonds is 7. The Morgan fingerprint density at radius 2 is 1.97 bits per heavy atom. The van der Waals surface area contributed by atoms with Crippen molar-refractivity contribution in [1.29, 1.82) is 0 Å². The van der Waals surface area contributed by atoms with Gasteiger partial charge in [-0.05, 0) is 38.5 Å². The van der Waals surface area contributed by atoms with Crippen molar-refractivity contribution < 1.29 is 14.3 Å². The minimum atomic E-state index is 0.00191. The molecule has 0 saturated carbocycles. The number of morpholine rings is 1. The Morgan fingerprint density at radius 3 is 2.66 bits per heavy atom. The molecule has 1 aromatic carbocycles. The Kier molecular flexibility index (Phi) is 7.74. The Balaban J connectivity index is 1.43. The standard InChI is InChI=1S/C23H30Cl2N4O3/c1-15-19(16(2)29(27-15)18-3-4-20(24)21(25)11-18)12-23(30)26-13-22(17-5-8-32-14-17)28-6-9-31-10-7-28/h3-4,11,17,22H,5-10,12-14H2,1-2H3,(H,26,30). The van der Waals surface area contributed by atoms with Gasteiger partial charge in [-0.2, -0.15) is 5.10 Å². The highest BCUT2D eigenvalue weighted by Crippen LogP contribution is 2.26. The van der Waals surface area contributed by atoms with Crippen LogP contribution in [0.25, 0.3) is 5.69 Å². The summed E-state index contributed by atoms with van der Waals surface area (Å²) in [4.78, 5) is 15.3. The number of hydrogen-bond acceptors (Lipinski definition) is 5. The van der Waals surface area contributed by atoms with Gasteiger partial charge in [-0.1, -0.05) is 23.2 Å². The van der Waals surface area contributed by atoms with Gasteiger partial charge in [0.1, 0.15) is 0 Å². The summed E-state index contributed by atoms with van der Waals surface area (Å²) in [5, 5.41) is 8.78. The van der Waals surface area contributed by atoms with Crippen molar-refractivity contribution in [3.05, 3.63) is 45.2 Å². The monoisotopic (exact) mass is 480 g/mol. The normalized spacial score (nSPS) is 20.4. The topological polar surface area (TPSA) is 68.6 Å². The highest BCUT2D eigenvalue weighted by atomic mass is 35.5. The van der Waals surface area contributed by atoms with Crippen LogP contribution in [0.1, 0.15) is 23.4 Å². The third kappa shape index (κ3) is 5.29. The molecule has 9 heteroatoms. The average Bonchev–Trinajstić information content (AvgIpc) is 3.41. The number of hydrogen-bond donors (Lipinski definition) is 1. The number of benzene rings is 1. The molecular formula is C23H30Cl2N4O3. The van der Waals surface area contributed by atoms with Crippen LogP contribution >= 0.6 is 23.2 Å². The molecule has 0 aliphatic carbocycles. The first-order chi connectivity index (χ1) is 15.4. The first-order valence-corrected chi connectivity index (χ1v) is 11.9. The van der Waals surface area contributed by atoms with Crippen molar-refractivity contribution in [3.63, 3.8) is 0 Å². The van der Waals surface area contributed by atoms with E-state index < -0.39 is 0 Å². The third-order valence-corrected chi connectivity index (χ3v) is 7.20. The van der Waals surface area contributed by atoms with Gasteiger partial charge in [0, 0.05) is 49.5 Å². The Labute approximate surface area is 198 Å². The molecule has 1 aromatic heterocycles. The highest BCUT2D eigenvalue weighted by Gasteiger charge is 2.32. The lowest BCUT2D eigenvalue weighted by molar-refractivity contribution is -0.121. The molecule has 1 N–H and O–H groups in total. The van der Waals surface area contributed by atoms with Crippen LogP contribution in [-0.4, -0.2) is 72.7 Å². The van der Waals surface area contributed by atoms with Crippen LogP contribution in [0.15, 0.2) is 18.2 Å². The maximum atomic E-state index is 12.9. The zero-order chi connectivity index (χ0) is 22.7. The molecule has 2 unspecified atom stereocenters. The van der Waals surface area contributed by atoms with Gasteiger partial charge in [-0.3, -0.25) is 9.69 Å². The van der Waals surface area contributed by atoms with E-state index in [0.29, 0.717) is 22.5 Å². The van der Waals surface area contributed by atoms with Crippen molar-refractivity contribution in [3.8, 4) is 5.69 Å². The molecule has 0 radical (unpaired) electrons. The van der Waals surface area contributed by atoms with E-state index in [1.807, 2.05) is 24.6 Å². The number of aryl methyl sites for hydroxylation is 1. The lowest BCUT2D eigenvalue weighted by Gasteiger charge is -2.37. The first-order valence-electron chi connectivity index (χ1n) is 11.1. The SMILES string of the molecule is Cc1nn(-c2ccc(Cl)c(Cl)c2)c(C)c1CC(=O)NCC(C1CCOC1)N1CCOCC1. The Bertz CT molecular complexity index is 953. The minimum absolute atomic E-state index is 0.00191. The average molecular weight is 481 g/mol. The number of carbonyl (C=O) groups is 1. The van der Waals surface area contributed by atoms with Crippen LogP contribution in [0.2, 0.25) is 10.0 Å². The molecule has 174 valence electrons. The van der Waals surface area contributed by atoms with E-state index in [4.69, 9.17) is 32.7 Å². The van der Waals surface area contributed by atoms with Crippen LogP contribution in [-0.2, 0) is 20.7 Å². The molecule has 1 amide bonds. The quantitative estimate of drug-likeness (QED) is 0.658. The summed E-state index contributed by atoms with van der Waals surface area (Å²) < 4.78 is 12.9. The second-order valence-corrected chi connectivity index (χ2v) is 9.29. The van der Waals surface area contributed by atoms with Crippen molar-refractivity contribution in [1.82, 2.24) is 20.0 Å². The van der Waals surface area contributed by atoms with Crippen molar-refractivity contribution in [2.45, 2.75) is 32.7 Å². The molecule has 4 rings (SSSR count). The van der Waals surface area contributed by atoms with Gasteiger partial charge >= 0.3 is 0 Å². The molecule has 3 heterocycles. The van der Waals surface area contributed by atoms with Crippen LogP contribution in [0.5, 0.6) is 0 Å². The summed E-state index contributed by atoms with van der Waals surface area (Å²) in [6.07, 6.45) is 1.32. The van der Waals surface area contributed by atoms with Gasteiger partial charge in [0.2, 0.25) is 5.91 Å². The Morgan fingerprint density at radius 1 is 1.19 bits per heavy atom. The van der Waals surface area contributed by atoms with Gasteiger partial charge < -0.3 is 14.8 Å². The number of nitrogens with one attached hydrogen (secondary N) is 1. The Hall–Kier alpha value is -1.64. The molecule has 0 spiro atoms. The lowest BCUT2D eigenvalue weighted by atomic mass is 9.96. The summed E-state index contributed by atoms with van der Waals surface area (Å²) in [5.74, 6) is 0.441. The summed E-state index contributed by atoms with van der Waals surface area (Å²) in [6.45, 7) is 9.34. The maximum absolute atomic E-state index is 12.9. The molecular weight excluding hydrogens is 451 g/mol. The second-order valence-electron chi connectivity index (χ2n) is 8.48. The summed E-state index contributed by atoms with van der Waals surface area (Å²) in [6, 6.07) is 5.67. The second kappa shape index (κ2) is 10.5. The van der Waals surface area contributed by atoms with Gasteiger partial charge in [0.05, 0.1) is 47.7 Å². The molecule has 2 aliphatic heterocycles. The van der Waals surface area contributed by atoms with Crippen molar-refractivity contribution in [2.24, 2.45) is 5.92 Å². The minimum Gasteiger partial charge on any atom is -0.381 e. The fourth-order valence-corrected chi connectivity index (χ4v) is 4.89. The third-order valence-electron chi connectivity index (χ3n) is 6.46. The number of ether oxygens (including phenoxy) is 2. The molecule has 32 heavy (non-hydrogen) atoms. The van der Waals surface area contributed by atoms with E-state index in [-0.39, 0.29) is 18.4 Å². The summed E-state index contributed by atoms with van der Waals surface area (Å²) in [5.41, 5.74) is 3.50. The predicted molar refractivity (Wildman–Crippen MR) is 125 cm³/mol. The maximum Gasteiger partial charge on any atom is 0.224 e. The van der Waals surface area contributed by atoms with E-state index in [1.54, 1.807) is 12.1 Å². The molecule has 2 fully saturated rings. The van der Waals surface area contributed by atoms with E-state index in [9.17, 15) is 4.79 Å². The van der Waals surface area contributed by atoms with Gasteiger partial charge in [-0.15, -0.1) is 0 Å². The zero-order valence-electron chi connectivity index (χ0n) is 18.6. The number of aromatic nitrogens is 2. The van der Waals surface area contributed by atoms with Crippen LogP contribution in [0.3, 0.4) is 0 Å². The largest absolute Gasteiger partial charge is 0.381 e. The lowest BCUT2D eigenvalue weighted by Crippen LogP contribution is -2.52. The fraction of sp³-hybridized carbons (Fsp3) is 0.565. The predicted octanol–water partition coefficient (Wildman–Crippen LogP) is 3.19. The van der Waals surface area contributed by atoms with Crippen LogP contribution in [0, 0.1) is 19.8 Å². The highest BCUT2D eigenvalue weighted by molar-refractivity contribution is 6.42. The number of amides is 1. The van der Waals surface area contributed by atoms with E-state index in [0.717, 1.165) is 68.6 Å². The molecule has 2 aromatic rings. The summed E-state index contributed by atoms with van der Waals surface area (Å²) in [7, 11) is 0. The van der Waals surface area contributed by atoms with Gasteiger partial charge in [0.25, 0.3) is 0 Å². The van der Waals surface area contributed by atoms with E-state index >= 15 is 0 Å². The molecule has 2 aliphatic rings. The smallest absolute Gasteiger partial charge is 0.224 e. The molecule has 2 atom stereocenters. The van der Waals surface area contributed by atoms with Gasteiger partial charge in [0.15, 0.2) is 0 Å². The van der Waals surface area contributed by atoms with Gasteiger partial charge in [-0.25, -0.2) is 4.68 Å². The first kappa shape index (κ1) is 23.5. The van der Waals surface area contributed by atoms with Crippen molar-refractivity contribution in [2.75, 3.05) is 46.1 Å². The fourth-order valence-electron chi connectivity index (χ4n) is 4.60. The number of nitrogens with zero attached hydrogens (tertiary/aromatic N) is 3. The molecule has 0 bridgehead atoms. The molecule has 7 nitrogen and oxygen atoms in total. The number of carbonyl (C=O) groups excluding carboxylic acids is 1. The van der Waals surface area contributed by atoms with Crippen LogP contribution in [0.4, 0.5) is 0 Å². The molecule has 2 saturated heterocycles. The zero-order valence-corrected chi connectivity index (χ0v) is 20.1. The van der Waals surface area contributed by atoms with Crippen molar-refractivity contribution >= 4 is 29.1 Å². The number of halogens is 2.